The number of urea groups is 1. The predicted octanol–water partition coefficient (Wildman–Crippen LogP) is 2.97. The summed E-state index contributed by atoms with van der Waals surface area (Å²) >= 11 is 0. The topological polar surface area (TPSA) is 69.4 Å². The van der Waals surface area contributed by atoms with Crippen LogP contribution in [0.3, 0.4) is 0 Å². The predicted molar refractivity (Wildman–Crippen MR) is 85.4 cm³/mol. The number of esters is 1. The van der Waals surface area contributed by atoms with Gasteiger partial charge in [0.2, 0.25) is 0 Å². The van der Waals surface area contributed by atoms with Gasteiger partial charge in [0.1, 0.15) is 11.4 Å². The summed E-state index contributed by atoms with van der Waals surface area (Å²) in [4.78, 5) is 24.4. The third kappa shape index (κ3) is 2.99. The number of quaternary nitrogens is 1. The lowest BCUT2D eigenvalue weighted by molar-refractivity contribution is -0.143. The van der Waals surface area contributed by atoms with E-state index < -0.39 is 16.5 Å². The zero-order chi connectivity index (χ0) is 16.0. The Morgan fingerprint density at radius 2 is 1.41 bits per heavy atom. The van der Waals surface area contributed by atoms with Gasteiger partial charge >= 0.3 is 12.0 Å². The number of carbonyl (C=O) groups is 2. The second kappa shape index (κ2) is 6.87. The monoisotopic (exact) mass is 299 g/mol. The Bertz CT molecular complexity index is 602. The van der Waals surface area contributed by atoms with Crippen LogP contribution in [0.5, 0.6) is 0 Å². The van der Waals surface area contributed by atoms with Crippen LogP contribution in [0.4, 0.5) is 16.2 Å². The quantitative estimate of drug-likeness (QED) is 0.681. The van der Waals surface area contributed by atoms with Crippen molar-refractivity contribution in [3.63, 3.8) is 0 Å². The van der Waals surface area contributed by atoms with Crippen LogP contribution in [0.25, 0.3) is 0 Å². The van der Waals surface area contributed by atoms with E-state index in [4.69, 9.17) is 10.5 Å². The highest BCUT2D eigenvalue weighted by atomic mass is 16.5. The number of hydrogen-bond donors (Lipinski definition) is 1. The summed E-state index contributed by atoms with van der Waals surface area (Å²) < 4.78 is 4.63. The van der Waals surface area contributed by atoms with Gasteiger partial charge in [-0.1, -0.05) is 36.4 Å². The van der Waals surface area contributed by atoms with E-state index in [0.29, 0.717) is 11.4 Å². The highest BCUT2D eigenvalue weighted by Gasteiger charge is 2.42. The molecular weight excluding hydrogens is 280 g/mol. The molecule has 2 aromatic rings. The molecule has 2 rings (SSSR count). The largest absolute Gasteiger partial charge is 0.462 e. The van der Waals surface area contributed by atoms with Crippen molar-refractivity contribution in [3.8, 4) is 0 Å². The first-order chi connectivity index (χ1) is 10.6. The lowest BCUT2D eigenvalue weighted by Crippen LogP contribution is -2.56. The number of nitrogens with two attached hydrogens (primary N) is 1. The Morgan fingerprint density at radius 3 is 1.77 bits per heavy atom. The normalized spacial score (nSPS) is 11.0. The molecule has 0 spiro atoms. The van der Waals surface area contributed by atoms with E-state index >= 15 is 0 Å². The summed E-state index contributed by atoms with van der Waals surface area (Å²) in [5.41, 5.74) is 6.95. The zero-order valence-electron chi connectivity index (χ0n) is 12.4. The minimum atomic E-state index is -0.634. The van der Waals surface area contributed by atoms with Crippen molar-refractivity contribution in [1.82, 2.24) is 4.48 Å². The number of amides is 2. The maximum atomic E-state index is 12.3. The average Bonchev–Trinajstić information content (AvgIpc) is 2.54. The molecule has 0 bridgehead atoms. The van der Waals surface area contributed by atoms with Gasteiger partial charge in [0.15, 0.2) is 6.54 Å². The smallest absolute Gasteiger partial charge is 0.424 e. The average molecular weight is 299 g/mol. The molecule has 0 aromatic heterocycles. The molecule has 2 N–H and O–H groups in total. The Morgan fingerprint density at radius 1 is 0.955 bits per heavy atom. The fourth-order valence-electron chi connectivity index (χ4n) is 2.43. The second-order valence-corrected chi connectivity index (χ2v) is 4.78. The molecule has 0 unspecified atom stereocenters. The Kier molecular flexibility index (Phi) is 4.91. The highest BCUT2D eigenvalue weighted by molar-refractivity contribution is 5.97. The summed E-state index contributed by atoms with van der Waals surface area (Å²) in [7, 11) is 0. The number of benzene rings is 2. The zero-order valence-corrected chi connectivity index (χ0v) is 12.4. The van der Waals surface area contributed by atoms with Gasteiger partial charge in [-0.05, 0) is 6.92 Å². The summed E-state index contributed by atoms with van der Waals surface area (Å²) in [5, 5.41) is 0. The molecule has 0 aliphatic heterocycles. The molecule has 0 aliphatic carbocycles. The van der Waals surface area contributed by atoms with Crippen LogP contribution in [-0.2, 0) is 9.53 Å². The van der Waals surface area contributed by atoms with Crippen LogP contribution in [0.1, 0.15) is 6.92 Å². The van der Waals surface area contributed by atoms with Gasteiger partial charge in [0.05, 0.1) is 6.61 Å². The first-order valence-corrected chi connectivity index (χ1v) is 7.06. The van der Waals surface area contributed by atoms with Crippen molar-refractivity contribution in [2.45, 2.75) is 6.92 Å². The highest BCUT2D eigenvalue weighted by Crippen LogP contribution is 2.34. The van der Waals surface area contributed by atoms with Crippen LogP contribution in [0, 0.1) is 0 Å². The number of nitrogens with zero attached hydrogens (tertiary/aromatic N) is 1. The number of ether oxygens (including phenoxy) is 1. The number of carbonyl (C=O) groups excluding carboxylic acids is 2. The van der Waals surface area contributed by atoms with Crippen molar-refractivity contribution in [2.75, 3.05) is 13.2 Å². The third-order valence-corrected chi connectivity index (χ3v) is 3.44. The minimum absolute atomic E-state index is 0.183. The number of para-hydroxylation sites is 2. The van der Waals surface area contributed by atoms with E-state index in [1.807, 2.05) is 12.1 Å². The van der Waals surface area contributed by atoms with E-state index in [1.165, 1.54) is 0 Å². The van der Waals surface area contributed by atoms with Crippen molar-refractivity contribution >= 4 is 23.4 Å². The Balaban J connectivity index is 2.60. The summed E-state index contributed by atoms with van der Waals surface area (Å²) in [6.07, 6.45) is 0. The minimum Gasteiger partial charge on any atom is -0.462 e. The summed E-state index contributed by atoms with van der Waals surface area (Å²) in [6, 6.07) is 17.4. The molecule has 2 aromatic carbocycles. The molecule has 2 amide bonds. The standard InChI is InChI=1S/C17H18N2O3/c1-2-22-16(20)13-19(17(18)21,14-9-5-3-6-10-14)15-11-7-4-8-12-15/h3-12H,2,13H2,1H3,(H-,18,21)/p+1. The van der Waals surface area contributed by atoms with Gasteiger partial charge in [-0.3, -0.25) is 0 Å². The van der Waals surface area contributed by atoms with Crippen LogP contribution in [0.15, 0.2) is 60.7 Å². The molecule has 0 fully saturated rings. The van der Waals surface area contributed by atoms with Crippen molar-refractivity contribution < 1.29 is 14.3 Å². The second-order valence-electron chi connectivity index (χ2n) is 4.78. The molecule has 5 heteroatoms. The van der Waals surface area contributed by atoms with Crippen molar-refractivity contribution in [1.29, 1.82) is 0 Å². The van der Waals surface area contributed by atoms with Gasteiger partial charge in [0, 0.05) is 24.3 Å². The van der Waals surface area contributed by atoms with Crippen molar-refractivity contribution in [2.24, 2.45) is 5.73 Å². The number of hydrogen-bond acceptors (Lipinski definition) is 3. The van der Waals surface area contributed by atoms with Crippen molar-refractivity contribution in [3.05, 3.63) is 60.7 Å². The van der Waals surface area contributed by atoms with Crippen LogP contribution >= 0.6 is 0 Å². The lowest BCUT2D eigenvalue weighted by Gasteiger charge is -2.32. The summed E-state index contributed by atoms with van der Waals surface area (Å²) in [5.74, 6) is -0.478. The molecule has 0 aliphatic rings. The fourth-order valence-corrected chi connectivity index (χ4v) is 2.43. The first kappa shape index (κ1) is 15.7. The van der Waals surface area contributed by atoms with E-state index in [2.05, 4.69) is 0 Å². The molecule has 5 nitrogen and oxygen atoms in total. The van der Waals surface area contributed by atoms with E-state index in [0.717, 1.165) is 0 Å². The number of primary amides is 1. The van der Waals surface area contributed by atoms with Gasteiger partial charge in [-0.15, -0.1) is 0 Å². The Labute approximate surface area is 129 Å². The fraction of sp³-hybridized carbons (Fsp3) is 0.176. The van der Waals surface area contributed by atoms with Crippen LogP contribution < -0.4 is 10.2 Å². The molecule has 0 heterocycles. The van der Waals surface area contributed by atoms with Gasteiger partial charge in [-0.2, -0.15) is 4.48 Å². The molecule has 0 radical (unpaired) electrons. The van der Waals surface area contributed by atoms with E-state index in [-0.39, 0.29) is 13.2 Å². The molecular formula is C17H19N2O3+. The molecule has 0 saturated heterocycles. The SMILES string of the molecule is CCOC(=O)C[N+](C(N)=O)(c1ccccc1)c1ccccc1. The third-order valence-electron chi connectivity index (χ3n) is 3.44. The maximum absolute atomic E-state index is 12.3. The molecule has 22 heavy (non-hydrogen) atoms. The van der Waals surface area contributed by atoms with Gasteiger partial charge in [0.25, 0.3) is 0 Å². The lowest BCUT2D eigenvalue weighted by atomic mass is 10.1. The molecule has 0 atom stereocenters. The molecule has 0 saturated carbocycles. The number of rotatable bonds is 5. The van der Waals surface area contributed by atoms with Gasteiger partial charge < -0.3 is 10.5 Å². The Hall–Kier alpha value is -2.66. The summed E-state index contributed by atoms with van der Waals surface area (Å²) in [6.45, 7) is 1.79. The van der Waals surface area contributed by atoms with Gasteiger partial charge in [-0.25, -0.2) is 9.59 Å². The van der Waals surface area contributed by atoms with E-state index in [1.54, 1.807) is 55.5 Å². The first-order valence-electron chi connectivity index (χ1n) is 7.06. The maximum Gasteiger partial charge on any atom is 0.424 e. The van der Waals surface area contributed by atoms with Crippen LogP contribution in [-0.4, -0.2) is 25.2 Å². The van der Waals surface area contributed by atoms with E-state index in [9.17, 15) is 9.59 Å². The van der Waals surface area contributed by atoms with Crippen LogP contribution in [0.2, 0.25) is 0 Å². The molecule has 114 valence electrons.